The number of hydrogen-bond donors (Lipinski definition) is 1. The summed E-state index contributed by atoms with van der Waals surface area (Å²) in [5.74, 6) is 0.602. The molecule has 0 aromatic carbocycles. The number of ether oxygens (including phenoxy) is 1. The zero-order valence-electron chi connectivity index (χ0n) is 9.34. The van der Waals surface area contributed by atoms with E-state index in [2.05, 4.69) is 15.3 Å². The molecule has 5 nitrogen and oxygen atoms in total. The molecule has 0 saturated heterocycles. The van der Waals surface area contributed by atoms with Crippen LogP contribution in [0.25, 0.3) is 0 Å². The van der Waals surface area contributed by atoms with Gasteiger partial charge in [0.15, 0.2) is 0 Å². The number of anilines is 1. The molecule has 1 N–H and O–H groups in total. The lowest BCUT2D eigenvalue weighted by molar-refractivity contribution is 0.399. The molecule has 0 spiro atoms. The van der Waals surface area contributed by atoms with Crippen molar-refractivity contribution in [2.75, 3.05) is 12.4 Å². The lowest BCUT2D eigenvalue weighted by atomic mass is 10.3. The van der Waals surface area contributed by atoms with Crippen molar-refractivity contribution in [2.45, 2.75) is 6.54 Å². The molecule has 0 fully saturated rings. The third kappa shape index (κ3) is 2.13. The summed E-state index contributed by atoms with van der Waals surface area (Å²) < 4.78 is 7.12. The number of imidazole rings is 1. The van der Waals surface area contributed by atoms with Gasteiger partial charge in [0.1, 0.15) is 0 Å². The van der Waals surface area contributed by atoms with Gasteiger partial charge in [0.05, 0.1) is 31.4 Å². The zero-order chi connectivity index (χ0) is 11.4. The van der Waals surface area contributed by atoms with Gasteiger partial charge < -0.3 is 14.6 Å². The standard InChI is InChI=1S/C11H14N4O/c1-15-8-12-6-9(15)7-14-10-4-3-5-13-11(10)16-2/h3-6,8,14H,7H2,1-2H3. The first-order chi connectivity index (χ1) is 7.81. The molecule has 0 saturated carbocycles. The number of pyridine rings is 1. The van der Waals surface area contributed by atoms with E-state index in [1.165, 1.54) is 0 Å². The third-order valence-corrected chi connectivity index (χ3v) is 2.34. The highest BCUT2D eigenvalue weighted by Gasteiger charge is 2.03. The summed E-state index contributed by atoms with van der Waals surface area (Å²) in [4.78, 5) is 8.17. The Morgan fingerprint density at radius 1 is 1.50 bits per heavy atom. The zero-order valence-corrected chi connectivity index (χ0v) is 9.34. The van der Waals surface area contributed by atoms with Gasteiger partial charge in [-0.1, -0.05) is 0 Å². The first kappa shape index (κ1) is 10.5. The van der Waals surface area contributed by atoms with E-state index >= 15 is 0 Å². The SMILES string of the molecule is COc1ncccc1NCc1cncn1C. The lowest BCUT2D eigenvalue weighted by Crippen LogP contribution is -2.05. The molecule has 0 aliphatic carbocycles. The summed E-state index contributed by atoms with van der Waals surface area (Å²) in [6, 6.07) is 3.80. The summed E-state index contributed by atoms with van der Waals surface area (Å²) in [6.45, 7) is 0.693. The Kier molecular flexibility index (Phi) is 3.05. The molecule has 84 valence electrons. The van der Waals surface area contributed by atoms with E-state index in [-0.39, 0.29) is 0 Å². The number of hydrogen-bond acceptors (Lipinski definition) is 4. The van der Waals surface area contributed by atoms with Crippen LogP contribution in [0, 0.1) is 0 Å². The highest BCUT2D eigenvalue weighted by molar-refractivity contribution is 5.51. The molecule has 2 heterocycles. The van der Waals surface area contributed by atoms with Crippen molar-refractivity contribution in [3.63, 3.8) is 0 Å². The minimum absolute atomic E-state index is 0.602. The van der Waals surface area contributed by atoms with Crippen LogP contribution in [0.4, 0.5) is 5.69 Å². The topological polar surface area (TPSA) is 52.0 Å². The molecule has 0 aliphatic heterocycles. The minimum atomic E-state index is 0.602. The predicted octanol–water partition coefficient (Wildman–Crippen LogP) is 1.44. The summed E-state index contributed by atoms with van der Waals surface area (Å²) in [6.07, 6.45) is 5.31. The maximum absolute atomic E-state index is 5.15. The highest BCUT2D eigenvalue weighted by atomic mass is 16.5. The Morgan fingerprint density at radius 3 is 3.06 bits per heavy atom. The molecular formula is C11H14N4O. The second-order valence-electron chi connectivity index (χ2n) is 3.41. The van der Waals surface area contributed by atoms with Crippen LogP contribution in [0.5, 0.6) is 5.88 Å². The van der Waals surface area contributed by atoms with Crippen LogP contribution in [0.3, 0.4) is 0 Å². The highest BCUT2D eigenvalue weighted by Crippen LogP contribution is 2.20. The third-order valence-electron chi connectivity index (χ3n) is 2.34. The average Bonchev–Trinajstić information content (AvgIpc) is 2.72. The Bertz CT molecular complexity index is 467. The molecule has 0 unspecified atom stereocenters. The molecular weight excluding hydrogens is 204 g/mol. The van der Waals surface area contributed by atoms with E-state index in [4.69, 9.17) is 4.74 Å². The lowest BCUT2D eigenvalue weighted by Gasteiger charge is -2.09. The van der Waals surface area contributed by atoms with Crippen molar-refractivity contribution >= 4 is 5.69 Å². The van der Waals surface area contributed by atoms with Gasteiger partial charge in [-0.25, -0.2) is 9.97 Å². The smallest absolute Gasteiger partial charge is 0.237 e. The molecule has 0 atom stereocenters. The van der Waals surface area contributed by atoms with E-state index < -0.39 is 0 Å². The van der Waals surface area contributed by atoms with Crippen LogP contribution >= 0.6 is 0 Å². The number of rotatable bonds is 4. The number of aryl methyl sites for hydroxylation is 1. The Balaban J connectivity index is 2.07. The molecule has 0 amide bonds. The normalized spacial score (nSPS) is 10.1. The number of methoxy groups -OCH3 is 1. The molecule has 0 radical (unpaired) electrons. The van der Waals surface area contributed by atoms with Crippen molar-refractivity contribution in [1.29, 1.82) is 0 Å². The average molecular weight is 218 g/mol. The molecule has 2 aromatic rings. The van der Waals surface area contributed by atoms with Gasteiger partial charge in [-0.3, -0.25) is 0 Å². The van der Waals surface area contributed by atoms with Crippen molar-refractivity contribution in [2.24, 2.45) is 7.05 Å². The molecule has 2 rings (SSSR count). The van der Waals surface area contributed by atoms with Crippen molar-refractivity contribution in [1.82, 2.24) is 14.5 Å². The van der Waals surface area contributed by atoms with Crippen molar-refractivity contribution in [3.8, 4) is 5.88 Å². The number of aromatic nitrogens is 3. The van der Waals surface area contributed by atoms with Crippen LogP contribution in [-0.2, 0) is 13.6 Å². The van der Waals surface area contributed by atoms with E-state index in [1.54, 1.807) is 19.6 Å². The first-order valence-corrected chi connectivity index (χ1v) is 4.99. The molecule has 2 aromatic heterocycles. The Labute approximate surface area is 94.1 Å². The maximum Gasteiger partial charge on any atom is 0.237 e. The van der Waals surface area contributed by atoms with E-state index in [0.29, 0.717) is 12.4 Å². The van der Waals surface area contributed by atoms with Gasteiger partial charge in [-0.05, 0) is 12.1 Å². The maximum atomic E-state index is 5.15. The van der Waals surface area contributed by atoms with E-state index in [1.807, 2.05) is 29.9 Å². The number of nitrogens with one attached hydrogen (secondary N) is 1. The van der Waals surface area contributed by atoms with Crippen LogP contribution < -0.4 is 10.1 Å². The van der Waals surface area contributed by atoms with Gasteiger partial charge >= 0.3 is 0 Å². The van der Waals surface area contributed by atoms with Crippen LogP contribution in [0.1, 0.15) is 5.69 Å². The fourth-order valence-electron chi connectivity index (χ4n) is 1.43. The second-order valence-corrected chi connectivity index (χ2v) is 3.41. The summed E-state index contributed by atoms with van der Waals surface area (Å²) in [5, 5.41) is 3.26. The minimum Gasteiger partial charge on any atom is -0.480 e. The summed E-state index contributed by atoms with van der Waals surface area (Å²) >= 11 is 0. The largest absolute Gasteiger partial charge is 0.480 e. The van der Waals surface area contributed by atoms with E-state index in [9.17, 15) is 0 Å². The van der Waals surface area contributed by atoms with E-state index in [0.717, 1.165) is 11.4 Å². The second kappa shape index (κ2) is 4.65. The van der Waals surface area contributed by atoms with Crippen molar-refractivity contribution < 1.29 is 4.74 Å². The van der Waals surface area contributed by atoms with Gasteiger partial charge in [-0.15, -0.1) is 0 Å². The van der Waals surface area contributed by atoms with Gasteiger partial charge in [0.2, 0.25) is 5.88 Å². The fraction of sp³-hybridized carbons (Fsp3) is 0.273. The predicted molar refractivity (Wildman–Crippen MR) is 61.3 cm³/mol. The summed E-state index contributed by atoms with van der Waals surface area (Å²) in [7, 11) is 3.57. The monoisotopic (exact) mass is 218 g/mol. The molecule has 16 heavy (non-hydrogen) atoms. The summed E-state index contributed by atoms with van der Waals surface area (Å²) in [5.41, 5.74) is 1.98. The Morgan fingerprint density at radius 2 is 2.38 bits per heavy atom. The Hall–Kier alpha value is -2.04. The quantitative estimate of drug-likeness (QED) is 0.843. The molecule has 5 heteroatoms. The van der Waals surface area contributed by atoms with Crippen LogP contribution in [0.15, 0.2) is 30.9 Å². The molecule has 0 bridgehead atoms. The number of nitrogens with zero attached hydrogens (tertiary/aromatic N) is 3. The fourth-order valence-corrected chi connectivity index (χ4v) is 1.43. The van der Waals surface area contributed by atoms with Crippen LogP contribution in [0.2, 0.25) is 0 Å². The van der Waals surface area contributed by atoms with Gasteiger partial charge in [0, 0.05) is 19.4 Å². The van der Waals surface area contributed by atoms with Gasteiger partial charge in [-0.2, -0.15) is 0 Å². The molecule has 0 aliphatic rings. The van der Waals surface area contributed by atoms with Gasteiger partial charge in [0.25, 0.3) is 0 Å². The van der Waals surface area contributed by atoms with Crippen molar-refractivity contribution in [3.05, 3.63) is 36.5 Å². The van der Waals surface area contributed by atoms with Crippen LogP contribution in [-0.4, -0.2) is 21.6 Å². The first-order valence-electron chi connectivity index (χ1n) is 4.99.